The van der Waals surface area contributed by atoms with Crippen LogP contribution >= 0.6 is 23.1 Å². The number of sulfonamides is 1. The van der Waals surface area contributed by atoms with Gasteiger partial charge in [-0.05, 0) is 35.4 Å². The third-order valence-corrected chi connectivity index (χ3v) is 8.61. The summed E-state index contributed by atoms with van der Waals surface area (Å²) in [6.45, 7) is 2.12. The first-order valence-electron chi connectivity index (χ1n) is 9.62. The molecule has 1 saturated heterocycles. The van der Waals surface area contributed by atoms with Gasteiger partial charge in [0.15, 0.2) is 4.34 Å². The molecule has 7 nitrogen and oxygen atoms in total. The van der Waals surface area contributed by atoms with Crippen LogP contribution in [-0.2, 0) is 27.1 Å². The zero-order valence-electron chi connectivity index (χ0n) is 16.5. The van der Waals surface area contributed by atoms with E-state index in [1.165, 1.54) is 39.5 Å². The van der Waals surface area contributed by atoms with Gasteiger partial charge in [0.2, 0.25) is 15.2 Å². The highest BCUT2D eigenvalue weighted by molar-refractivity contribution is 8.00. The lowest BCUT2D eigenvalue weighted by molar-refractivity contribution is 0.0730. The molecule has 3 aromatic rings. The summed E-state index contributed by atoms with van der Waals surface area (Å²) in [5.41, 5.74) is 1.85. The summed E-state index contributed by atoms with van der Waals surface area (Å²) in [6.07, 6.45) is 0. The molecule has 164 valence electrons. The number of morpholine rings is 1. The molecule has 1 aromatic heterocycles. The Balaban J connectivity index is 1.34. The predicted octanol–water partition coefficient (Wildman–Crippen LogP) is 3.60. The fraction of sp³-hybridized carbons (Fsp3) is 0.300. The van der Waals surface area contributed by atoms with Crippen LogP contribution < -0.4 is 5.32 Å². The highest BCUT2D eigenvalue weighted by Gasteiger charge is 2.26. The average Bonchev–Trinajstić information content (AvgIpc) is 3.26. The van der Waals surface area contributed by atoms with E-state index in [0.717, 1.165) is 15.5 Å². The van der Waals surface area contributed by atoms with Crippen LogP contribution in [0.15, 0.2) is 57.8 Å². The van der Waals surface area contributed by atoms with Crippen LogP contribution in [0.4, 0.5) is 9.52 Å². The van der Waals surface area contributed by atoms with Gasteiger partial charge < -0.3 is 10.1 Å². The second-order valence-corrected chi connectivity index (χ2v) is 10.9. The topological polar surface area (TPSA) is 84.4 Å². The molecule has 1 aliphatic heterocycles. The van der Waals surface area contributed by atoms with E-state index >= 15 is 0 Å². The van der Waals surface area contributed by atoms with Crippen LogP contribution in [0.5, 0.6) is 0 Å². The smallest absolute Gasteiger partial charge is 0.243 e. The van der Waals surface area contributed by atoms with E-state index in [2.05, 4.69) is 15.5 Å². The van der Waals surface area contributed by atoms with E-state index in [9.17, 15) is 12.8 Å². The molecule has 0 amide bonds. The number of aromatic nitrogens is 2. The quantitative estimate of drug-likeness (QED) is 0.493. The van der Waals surface area contributed by atoms with Crippen molar-refractivity contribution in [3.05, 3.63) is 65.5 Å². The highest BCUT2D eigenvalue weighted by atomic mass is 32.2. The lowest BCUT2D eigenvalue weighted by Gasteiger charge is -2.26. The van der Waals surface area contributed by atoms with E-state index in [0.29, 0.717) is 48.6 Å². The summed E-state index contributed by atoms with van der Waals surface area (Å²) in [7, 11) is -3.51. The summed E-state index contributed by atoms with van der Waals surface area (Å²) < 4.78 is 46.2. The first-order chi connectivity index (χ1) is 15.0. The first kappa shape index (κ1) is 22.2. The number of nitrogens with one attached hydrogen (secondary N) is 1. The van der Waals surface area contributed by atoms with Gasteiger partial charge in [0.05, 0.1) is 18.1 Å². The molecule has 1 N–H and O–H groups in total. The van der Waals surface area contributed by atoms with Crippen molar-refractivity contribution >= 4 is 38.3 Å². The summed E-state index contributed by atoms with van der Waals surface area (Å²) in [5, 5.41) is 12.2. The van der Waals surface area contributed by atoms with Gasteiger partial charge >= 0.3 is 0 Å². The van der Waals surface area contributed by atoms with Crippen molar-refractivity contribution in [3.8, 4) is 0 Å². The van der Waals surface area contributed by atoms with Crippen molar-refractivity contribution in [2.75, 3.05) is 31.6 Å². The highest BCUT2D eigenvalue weighted by Crippen LogP contribution is 2.29. The Labute approximate surface area is 188 Å². The molecule has 0 spiro atoms. The van der Waals surface area contributed by atoms with Crippen LogP contribution in [0.3, 0.4) is 0 Å². The molecule has 0 radical (unpaired) electrons. The molecule has 0 bridgehead atoms. The van der Waals surface area contributed by atoms with Crippen molar-refractivity contribution < 1.29 is 17.5 Å². The molecule has 31 heavy (non-hydrogen) atoms. The molecular formula is C20H21FN4O3S3. The molecule has 0 atom stereocenters. The second-order valence-electron chi connectivity index (χ2n) is 6.81. The van der Waals surface area contributed by atoms with Gasteiger partial charge in [0.1, 0.15) is 5.82 Å². The van der Waals surface area contributed by atoms with Crippen LogP contribution in [0.2, 0.25) is 0 Å². The van der Waals surface area contributed by atoms with Crippen LogP contribution in [-0.4, -0.2) is 49.2 Å². The summed E-state index contributed by atoms with van der Waals surface area (Å²) in [4.78, 5) is 0.298. The number of halogens is 1. The van der Waals surface area contributed by atoms with E-state index in [-0.39, 0.29) is 5.82 Å². The zero-order valence-corrected chi connectivity index (χ0v) is 19.0. The van der Waals surface area contributed by atoms with Crippen molar-refractivity contribution in [1.82, 2.24) is 14.5 Å². The molecule has 1 aliphatic rings. The second kappa shape index (κ2) is 10.0. The number of hydrogen-bond acceptors (Lipinski definition) is 8. The van der Waals surface area contributed by atoms with Crippen LogP contribution in [0.25, 0.3) is 0 Å². The van der Waals surface area contributed by atoms with Gasteiger partial charge in [-0.1, -0.05) is 47.4 Å². The Morgan fingerprint density at radius 3 is 2.65 bits per heavy atom. The fourth-order valence-electron chi connectivity index (χ4n) is 3.00. The minimum Gasteiger partial charge on any atom is -0.379 e. The minimum absolute atomic E-state index is 0.264. The lowest BCUT2D eigenvalue weighted by atomic mass is 10.2. The molecular weight excluding hydrogens is 459 g/mol. The monoisotopic (exact) mass is 480 g/mol. The molecule has 0 unspecified atom stereocenters. The number of ether oxygens (including phenoxy) is 1. The normalized spacial score (nSPS) is 15.1. The van der Waals surface area contributed by atoms with Gasteiger partial charge in [-0.3, -0.25) is 0 Å². The predicted molar refractivity (Wildman–Crippen MR) is 119 cm³/mol. The standard InChI is InChI=1S/C20H21FN4O3S3/c21-17-6-4-15(5-7-17)13-22-19-23-24-20(30-19)29-14-16-2-1-3-18(12-16)31(26,27)25-8-10-28-11-9-25/h1-7,12H,8-11,13-14H2,(H,22,23). The number of thioether (sulfide) groups is 1. The van der Waals surface area contributed by atoms with Gasteiger partial charge in [-0.15, -0.1) is 10.2 Å². The first-order valence-corrected chi connectivity index (χ1v) is 12.9. The van der Waals surface area contributed by atoms with Gasteiger partial charge in [-0.2, -0.15) is 4.31 Å². The zero-order chi connectivity index (χ0) is 21.7. The van der Waals surface area contributed by atoms with E-state index in [1.54, 1.807) is 30.3 Å². The Hall–Kier alpha value is -2.05. The molecule has 11 heteroatoms. The van der Waals surface area contributed by atoms with E-state index < -0.39 is 10.0 Å². The van der Waals surface area contributed by atoms with Crippen LogP contribution in [0.1, 0.15) is 11.1 Å². The largest absolute Gasteiger partial charge is 0.379 e. The average molecular weight is 481 g/mol. The SMILES string of the molecule is O=S(=O)(c1cccc(CSc2nnc(NCc3ccc(F)cc3)s2)c1)N1CCOCC1. The van der Waals surface area contributed by atoms with Crippen molar-refractivity contribution in [2.24, 2.45) is 0 Å². The Bertz CT molecular complexity index is 1120. The van der Waals surface area contributed by atoms with Crippen molar-refractivity contribution in [2.45, 2.75) is 21.5 Å². The number of anilines is 1. The van der Waals surface area contributed by atoms with Crippen molar-refractivity contribution in [1.29, 1.82) is 0 Å². The van der Waals surface area contributed by atoms with Crippen LogP contribution in [0, 0.1) is 5.82 Å². The van der Waals surface area contributed by atoms with Gasteiger partial charge in [0.25, 0.3) is 0 Å². The van der Waals surface area contributed by atoms with Crippen molar-refractivity contribution in [3.63, 3.8) is 0 Å². The summed E-state index contributed by atoms with van der Waals surface area (Å²) in [6, 6.07) is 13.3. The molecule has 1 fully saturated rings. The summed E-state index contributed by atoms with van der Waals surface area (Å²) >= 11 is 2.92. The maximum Gasteiger partial charge on any atom is 0.243 e. The summed E-state index contributed by atoms with van der Waals surface area (Å²) in [5.74, 6) is 0.319. The maximum atomic E-state index is 13.0. The maximum absolute atomic E-state index is 13.0. The third-order valence-electron chi connectivity index (χ3n) is 4.63. The molecule has 2 heterocycles. The molecule has 0 saturated carbocycles. The Kier molecular flexibility index (Phi) is 7.18. The number of nitrogens with zero attached hydrogens (tertiary/aromatic N) is 3. The third kappa shape index (κ3) is 5.80. The molecule has 2 aromatic carbocycles. The lowest BCUT2D eigenvalue weighted by Crippen LogP contribution is -2.40. The minimum atomic E-state index is -3.51. The van der Waals surface area contributed by atoms with Gasteiger partial charge in [0, 0.05) is 25.4 Å². The molecule has 0 aliphatic carbocycles. The number of hydrogen-bond donors (Lipinski definition) is 1. The van der Waals surface area contributed by atoms with E-state index in [1.807, 2.05) is 6.07 Å². The Morgan fingerprint density at radius 2 is 1.87 bits per heavy atom. The number of rotatable bonds is 8. The molecule has 4 rings (SSSR count). The number of benzene rings is 2. The van der Waals surface area contributed by atoms with E-state index in [4.69, 9.17) is 4.74 Å². The fourth-order valence-corrected chi connectivity index (χ4v) is 6.17. The Morgan fingerprint density at radius 1 is 1.10 bits per heavy atom. The van der Waals surface area contributed by atoms with Gasteiger partial charge in [-0.25, -0.2) is 12.8 Å².